The molecule has 2 unspecified atom stereocenters. The van der Waals surface area contributed by atoms with Gasteiger partial charge in [0.15, 0.2) is 0 Å². The van der Waals surface area contributed by atoms with Crippen molar-refractivity contribution in [2.75, 3.05) is 65.9 Å². The number of carbonyl (C=O) groups excluding carboxylic acids is 6. The Morgan fingerprint density at radius 3 is 2.00 bits per heavy atom. The molecular formula is C35H61N7O10. The number of primary amides is 1. The van der Waals surface area contributed by atoms with Gasteiger partial charge in [-0.15, -0.1) is 5.10 Å². The van der Waals surface area contributed by atoms with Crippen LogP contribution in [0.1, 0.15) is 84.8 Å². The maximum Gasteiger partial charge on any atom is 0.242 e. The fourth-order valence-corrected chi connectivity index (χ4v) is 4.63. The minimum atomic E-state index is -0.783. The van der Waals surface area contributed by atoms with Gasteiger partial charge in [0.05, 0.1) is 64.5 Å². The Hall–Kier alpha value is -3.80. The highest BCUT2D eigenvalue weighted by Crippen LogP contribution is 2.14. The first kappa shape index (κ1) is 46.2. The smallest absolute Gasteiger partial charge is 0.242 e. The number of nitrogens with one attached hydrogen (secondary N) is 3. The summed E-state index contributed by atoms with van der Waals surface area (Å²) in [6, 6.07) is -0.783. The summed E-state index contributed by atoms with van der Waals surface area (Å²) in [5, 5.41) is 16.6. The van der Waals surface area contributed by atoms with Gasteiger partial charge in [-0.1, -0.05) is 32.9 Å². The van der Waals surface area contributed by atoms with Crippen molar-refractivity contribution in [3.05, 3.63) is 11.9 Å². The lowest BCUT2D eigenvalue weighted by atomic mass is 9.92. The number of nitrogens with zero attached hydrogens (tertiary/aromatic N) is 3. The molecule has 0 fully saturated rings. The van der Waals surface area contributed by atoms with Crippen LogP contribution in [0.25, 0.3) is 0 Å². The maximum absolute atomic E-state index is 13.1. The zero-order valence-corrected chi connectivity index (χ0v) is 31.5. The molecule has 5 N–H and O–H groups in total. The highest BCUT2D eigenvalue weighted by molar-refractivity contribution is 5.88. The molecule has 1 heterocycles. The summed E-state index contributed by atoms with van der Waals surface area (Å²) in [5.41, 5.74) is 6.08. The van der Waals surface area contributed by atoms with Gasteiger partial charge in [0, 0.05) is 70.3 Å². The first-order valence-electron chi connectivity index (χ1n) is 18.3. The van der Waals surface area contributed by atoms with E-state index in [4.69, 9.17) is 24.7 Å². The van der Waals surface area contributed by atoms with Crippen LogP contribution in [0.3, 0.4) is 0 Å². The average molecular weight is 740 g/mol. The Labute approximate surface area is 307 Å². The van der Waals surface area contributed by atoms with E-state index in [0.717, 1.165) is 0 Å². The molecule has 17 heteroatoms. The van der Waals surface area contributed by atoms with Crippen LogP contribution in [-0.4, -0.2) is 122 Å². The number of rotatable bonds is 33. The Balaban J connectivity index is 2.53. The molecule has 1 rings (SSSR count). The fraction of sp³-hybridized carbons (Fsp3) is 0.771. The Kier molecular flexibility index (Phi) is 25.6. The van der Waals surface area contributed by atoms with Gasteiger partial charge in [0.2, 0.25) is 23.6 Å². The molecule has 0 radical (unpaired) electrons. The first-order chi connectivity index (χ1) is 25.0. The molecule has 0 aromatic carbocycles. The van der Waals surface area contributed by atoms with Crippen LogP contribution in [0, 0.1) is 11.8 Å². The number of amides is 4. The van der Waals surface area contributed by atoms with Gasteiger partial charge < -0.3 is 40.6 Å². The average Bonchev–Trinajstić information content (AvgIpc) is 3.57. The highest BCUT2D eigenvalue weighted by Gasteiger charge is 2.23. The number of unbranched alkanes of at least 4 members (excludes halogenated alkanes) is 1. The summed E-state index contributed by atoms with van der Waals surface area (Å²) in [6.07, 6.45) is 4.90. The summed E-state index contributed by atoms with van der Waals surface area (Å²) in [7, 11) is 0. The number of aryl methyl sites for hydroxylation is 1. The molecule has 17 nitrogen and oxygen atoms in total. The van der Waals surface area contributed by atoms with Crippen molar-refractivity contribution in [1.29, 1.82) is 0 Å². The van der Waals surface area contributed by atoms with Crippen molar-refractivity contribution >= 4 is 35.2 Å². The van der Waals surface area contributed by atoms with Crippen molar-refractivity contribution in [2.24, 2.45) is 17.6 Å². The van der Waals surface area contributed by atoms with E-state index in [-0.39, 0.29) is 80.8 Å². The Morgan fingerprint density at radius 2 is 1.40 bits per heavy atom. The number of carbonyl (C=O) groups is 6. The van der Waals surface area contributed by atoms with E-state index in [0.29, 0.717) is 90.3 Å². The summed E-state index contributed by atoms with van der Waals surface area (Å²) >= 11 is 0. The number of hydrogen-bond acceptors (Lipinski definition) is 12. The quantitative estimate of drug-likeness (QED) is 0.0729. The molecule has 0 aliphatic heterocycles. The van der Waals surface area contributed by atoms with E-state index in [1.165, 1.54) is 0 Å². The summed E-state index contributed by atoms with van der Waals surface area (Å²) in [4.78, 5) is 72.4. The zero-order chi connectivity index (χ0) is 38.6. The zero-order valence-electron chi connectivity index (χ0n) is 31.5. The van der Waals surface area contributed by atoms with Crippen LogP contribution in [0.15, 0.2) is 6.20 Å². The van der Waals surface area contributed by atoms with E-state index < -0.39 is 17.9 Å². The molecule has 52 heavy (non-hydrogen) atoms. The van der Waals surface area contributed by atoms with Gasteiger partial charge in [-0.2, -0.15) is 0 Å². The van der Waals surface area contributed by atoms with Crippen LogP contribution >= 0.6 is 0 Å². The summed E-state index contributed by atoms with van der Waals surface area (Å²) in [6.45, 7) is 10.6. The predicted octanol–water partition coefficient (Wildman–Crippen LogP) is 0.661. The lowest BCUT2D eigenvalue weighted by molar-refractivity contribution is -0.130. The highest BCUT2D eigenvalue weighted by atomic mass is 16.5. The second kappa shape index (κ2) is 28.7. The number of aromatic nitrogens is 3. The predicted molar refractivity (Wildman–Crippen MR) is 191 cm³/mol. The third-order valence-electron chi connectivity index (χ3n) is 7.89. The molecule has 0 aliphatic carbocycles. The molecule has 2 atom stereocenters. The summed E-state index contributed by atoms with van der Waals surface area (Å²) < 4.78 is 23.4. The lowest BCUT2D eigenvalue weighted by Gasteiger charge is -2.19. The van der Waals surface area contributed by atoms with E-state index in [1.54, 1.807) is 31.6 Å². The van der Waals surface area contributed by atoms with Gasteiger partial charge in [0.1, 0.15) is 17.6 Å². The number of ether oxygens (including phenoxy) is 4. The standard InChI is InChI=1S/C35H61N7O10/c1-5-29(43)10-15-49-19-21-52-18-13-38-35(48)30(39-33(46)11-16-50-20-22-51-17-12-37-32(45)6-2)9-7-8-14-42-25-28(40-41-42)23-27(34(36)47)24-31(44)26(3)4/h25-27,30H,5-24H2,1-4H3,(H2,36,47)(H,37,45)(H,38,48)(H,39,46). The van der Waals surface area contributed by atoms with Crippen LogP contribution < -0.4 is 21.7 Å². The van der Waals surface area contributed by atoms with Gasteiger partial charge in [0.25, 0.3) is 0 Å². The number of hydrogen-bond donors (Lipinski definition) is 4. The van der Waals surface area contributed by atoms with Crippen LogP contribution in [-0.2, 0) is 60.7 Å². The molecule has 0 saturated carbocycles. The number of Topliss-reactive ketones (excluding diaryl/α,β-unsaturated/α-hetero) is 2. The molecule has 0 aliphatic rings. The van der Waals surface area contributed by atoms with Gasteiger partial charge in [-0.3, -0.25) is 33.4 Å². The lowest BCUT2D eigenvalue weighted by Crippen LogP contribution is -2.47. The summed E-state index contributed by atoms with van der Waals surface area (Å²) in [5.74, 6) is -2.03. The van der Waals surface area contributed by atoms with Crippen molar-refractivity contribution in [2.45, 2.75) is 98.1 Å². The normalized spacial score (nSPS) is 12.3. The molecule has 1 aromatic rings. The van der Waals surface area contributed by atoms with Crippen molar-refractivity contribution < 1.29 is 47.7 Å². The molecule has 0 bridgehead atoms. The molecule has 0 spiro atoms. The maximum atomic E-state index is 13.1. The molecule has 4 amide bonds. The van der Waals surface area contributed by atoms with Crippen molar-refractivity contribution in [3.8, 4) is 0 Å². The topological polar surface area (TPSA) is 232 Å². The molecular weight excluding hydrogens is 678 g/mol. The first-order valence-corrected chi connectivity index (χ1v) is 18.3. The third-order valence-corrected chi connectivity index (χ3v) is 7.89. The van der Waals surface area contributed by atoms with Gasteiger partial charge in [-0.25, -0.2) is 0 Å². The van der Waals surface area contributed by atoms with E-state index in [2.05, 4.69) is 26.3 Å². The van der Waals surface area contributed by atoms with Crippen LogP contribution in [0.5, 0.6) is 0 Å². The second-order valence-corrected chi connectivity index (χ2v) is 12.6. The van der Waals surface area contributed by atoms with Gasteiger partial charge >= 0.3 is 0 Å². The minimum Gasteiger partial charge on any atom is -0.379 e. The number of nitrogens with two attached hydrogens (primary N) is 1. The van der Waals surface area contributed by atoms with E-state index in [1.807, 2.05) is 6.92 Å². The van der Waals surface area contributed by atoms with Gasteiger partial charge in [-0.05, 0) is 19.3 Å². The fourth-order valence-electron chi connectivity index (χ4n) is 4.63. The number of ketones is 2. The van der Waals surface area contributed by atoms with Crippen LogP contribution in [0.2, 0.25) is 0 Å². The van der Waals surface area contributed by atoms with Crippen LogP contribution in [0.4, 0.5) is 0 Å². The monoisotopic (exact) mass is 739 g/mol. The van der Waals surface area contributed by atoms with E-state index in [9.17, 15) is 28.8 Å². The third kappa shape index (κ3) is 22.9. The Morgan fingerprint density at radius 1 is 0.788 bits per heavy atom. The largest absolute Gasteiger partial charge is 0.379 e. The van der Waals surface area contributed by atoms with Crippen molar-refractivity contribution in [3.63, 3.8) is 0 Å². The molecule has 1 aromatic heterocycles. The molecule has 296 valence electrons. The molecule has 0 saturated heterocycles. The van der Waals surface area contributed by atoms with E-state index >= 15 is 0 Å². The van der Waals surface area contributed by atoms with Crippen molar-refractivity contribution in [1.82, 2.24) is 30.9 Å². The SMILES string of the molecule is CCC(=O)CCOCCOCCNC(=O)C(CCCCn1cc(CC(CC(=O)C(C)C)C(N)=O)nn1)NC(=O)CCOCCOCCNC(=O)CC. The second-order valence-electron chi connectivity index (χ2n) is 12.6. The minimum absolute atomic E-state index is 0.0409. The Bertz CT molecular complexity index is 1210.